The number of nitrogens with one attached hydrogen (secondary N) is 2. The van der Waals surface area contributed by atoms with Gasteiger partial charge < -0.3 is 10.3 Å². The minimum absolute atomic E-state index is 0.0121. The number of aromatic nitrogens is 3. The third kappa shape index (κ3) is 5.08. The molecule has 5 rings (SSSR count). The molecule has 0 unspecified atom stereocenters. The molecule has 0 spiro atoms. The molecule has 36 heavy (non-hydrogen) atoms. The number of anilines is 1. The fourth-order valence-electron chi connectivity index (χ4n) is 3.87. The van der Waals surface area contributed by atoms with Gasteiger partial charge in [-0.2, -0.15) is 0 Å². The number of halogens is 1. The Morgan fingerprint density at radius 1 is 1.03 bits per heavy atom. The summed E-state index contributed by atoms with van der Waals surface area (Å²) in [4.78, 5) is 34.1. The Morgan fingerprint density at radius 2 is 1.75 bits per heavy atom. The Balaban J connectivity index is 1.46. The predicted molar refractivity (Wildman–Crippen MR) is 142 cm³/mol. The molecule has 0 atom stereocenters. The molecule has 180 valence electrons. The molecule has 0 aliphatic rings. The molecule has 8 heteroatoms. The summed E-state index contributed by atoms with van der Waals surface area (Å²) in [7, 11) is 0. The van der Waals surface area contributed by atoms with Crippen molar-refractivity contribution in [2.75, 3.05) is 11.1 Å². The van der Waals surface area contributed by atoms with Gasteiger partial charge in [0.2, 0.25) is 5.91 Å². The van der Waals surface area contributed by atoms with Crippen LogP contribution in [0.5, 0.6) is 0 Å². The third-order valence-electron chi connectivity index (χ3n) is 5.76. The number of hydrogen-bond donors (Lipinski definition) is 2. The Bertz CT molecular complexity index is 1600. The summed E-state index contributed by atoms with van der Waals surface area (Å²) in [6.07, 6.45) is 0. The maximum atomic E-state index is 13.9. The average molecular weight is 499 g/mol. The van der Waals surface area contributed by atoms with E-state index in [0.29, 0.717) is 34.0 Å². The molecule has 0 saturated carbocycles. The average Bonchev–Trinajstić information content (AvgIpc) is 3.33. The number of carbonyl (C=O) groups is 1. The van der Waals surface area contributed by atoms with E-state index in [9.17, 15) is 14.0 Å². The van der Waals surface area contributed by atoms with Crippen molar-refractivity contribution in [2.45, 2.75) is 18.6 Å². The summed E-state index contributed by atoms with van der Waals surface area (Å²) < 4.78 is 15.4. The second-order valence-electron chi connectivity index (χ2n) is 8.38. The highest BCUT2D eigenvalue weighted by molar-refractivity contribution is 7.99. The summed E-state index contributed by atoms with van der Waals surface area (Å²) in [5.41, 5.74) is 4.30. The number of aromatic amines is 1. The van der Waals surface area contributed by atoms with Crippen LogP contribution in [0.2, 0.25) is 0 Å². The summed E-state index contributed by atoms with van der Waals surface area (Å²) >= 11 is 1.17. The van der Waals surface area contributed by atoms with Crippen molar-refractivity contribution in [1.29, 1.82) is 0 Å². The number of hydrogen-bond acceptors (Lipinski definition) is 4. The highest BCUT2D eigenvalue weighted by Crippen LogP contribution is 2.24. The quantitative estimate of drug-likeness (QED) is 0.226. The van der Waals surface area contributed by atoms with Gasteiger partial charge in [0, 0.05) is 11.4 Å². The zero-order valence-corrected chi connectivity index (χ0v) is 20.3. The zero-order chi connectivity index (χ0) is 25.1. The highest BCUT2D eigenvalue weighted by atomic mass is 32.2. The topological polar surface area (TPSA) is 79.8 Å². The Morgan fingerprint density at radius 3 is 2.47 bits per heavy atom. The molecule has 3 aromatic carbocycles. The first-order valence-electron chi connectivity index (χ1n) is 11.4. The molecule has 2 N–H and O–H groups in total. The van der Waals surface area contributed by atoms with Crippen LogP contribution in [0.4, 0.5) is 10.1 Å². The van der Waals surface area contributed by atoms with Crippen LogP contribution in [0, 0.1) is 12.7 Å². The van der Waals surface area contributed by atoms with E-state index in [4.69, 9.17) is 4.98 Å². The predicted octanol–water partition coefficient (Wildman–Crippen LogP) is 5.62. The maximum Gasteiger partial charge on any atom is 0.278 e. The Kier molecular flexibility index (Phi) is 6.69. The first-order chi connectivity index (χ1) is 17.5. The maximum absolute atomic E-state index is 13.9. The number of nitrogens with zero attached hydrogens (tertiary/aromatic N) is 2. The van der Waals surface area contributed by atoms with Crippen molar-refractivity contribution >= 4 is 34.4 Å². The molecule has 6 nitrogen and oxygen atoms in total. The lowest BCUT2D eigenvalue weighted by molar-refractivity contribution is -0.113. The molecule has 0 aliphatic carbocycles. The van der Waals surface area contributed by atoms with Crippen LogP contribution in [-0.2, 0) is 11.3 Å². The smallest absolute Gasteiger partial charge is 0.278 e. The van der Waals surface area contributed by atoms with Crippen molar-refractivity contribution in [2.24, 2.45) is 0 Å². The molecular formula is C28H23FN4O2S. The van der Waals surface area contributed by atoms with E-state index < -0.39 is 0 Å². The number of rotatable bonds is 7. The van der Waals surface area contributed by atoms with Crippen molar-refractivity contribution in [1.82, 2.24) is 14.5 Å². The zero-order valence-electron chi connectivity index (χ0n) is 19.5. The van der Waals surface area contributed by atoms with Gasteiger partial charge in [0.1, 0.15) is 11.3 Å². The first kappa shape index (κ1) is 23.6. The third-order valence-corrected chi connectivity index (χ3v) is 6.74. The van der Waals surface area contributed by atoms with E-state index in [0.717, 1.165) is 16.8 Å². The standard InChI is InChI=1S/C28H23FN4O2S/c1-18-12-13-21(14-22(18)29)30-25(34)17-36-28-32-24-15-23(20-10-6-3-7-11-20)31-26(24)27(35)33(28)16-19-8-4-2-5-9-19/h2-15,31H,16-17H2,1H3,(H,30,34). The number of aryl methyl sites for hydroxylation is 1. The van der Waals surface area contributed by atoms with E-state index in [2.05, 4.69) is 10.3 Å². The van der Waals surface area contributed by atoms with Gasteiger partial charge >= 0.3 is 0 Å². The monoisotopic (exact) mass is 498 g/mol. The van der Waals surface area contributed by atoms with Crippen molar-refractivity contribution in [3.8, 4) is 11.3 Å². The van der Waals surface area contributed by atoms with Gasteiger partial charge in [-0.05, 0) is 41.8 Å². The molecule has 0 saturated heterocycles. The number of amides is 1. The Labute approximate surface area is 211 Å². The lowest BCUT2D eigenvalue weighted by Crippen LogP contribution is -2.25. The van der Waals surface area contributed by atoms with Gasteiger partial charge in [0.25, 0.3) is 5.56 Å². The van der Waals surface area contributed by atoms with Crippen LogP contribution in [0.1, 0.15) is 11.1 Å². The van der Waals surface area contributed by atoms with Crippen LogP contribution >= 0.6 is 11.8 Å². The number of carbonyl (C=O) groups excluding carboxylic acids is 1. The molecule has 0 radical (unpaired) electrons. The Hall–Kier alpha value is -4.17. The van der Waals surface area contributed by atoms with Crippen LogP contribution in [-0.4, -0.2) is 26.2 Å². The molecule has 2 aromatic heterocycles. The van der Waals surface area contributed by atoms with Gasteiger partial charge in [-0.25, -0.2) is 9.37 Å². The molecule has 0 fully saturated rings. The summed E-state index contributed by atoms with van der Waals surface area (Å²) in [5, 5.41) is 3.14. The summed E-state index contributed by atoms with van der Waals surface area (Å²) in [6.45, 7) is 1.98. The largest absolute Gasteiger partial charge is 0.349 e. The highest BCUT2D eigenvalue weighted by Gasteiger charge is 2.17. The van der Waals surface area contributed by atoms with Crippen LogP contribution in [0.3, 0.4) is 0 Å². The number of benzene rings is 3. The second-order valence-corrected chi connectivity index (χ2v) is 9.32. The van der Waals surface area contributed by atoms with Crippen molar-refractivity contribution in [3.63, 3.8) is 0 Å². The molecular weight excluding hydrogens is 475 g/mol. The van der Waals surface area contributed by atoms with Crippen molar-refractivity contribution in [3.05, 3.63) is 112 Å². The van der Waals surface area contributed by atoms with E-state index in [1.807, 2.05) is 66.7 Å². The van der Waals surface area contributed by atoms with Gasteiger partial charge in [0.05, 0.1) is 17.8 Å². The SMILES string of the molecule is Cc1ccc(NC(=O)CSc2nc3cc(-c4ccccc4)[nH]c3c(=O)n2Cc2ccccc2)cc1F. The molecule has 5 aromatic rings. The number of fused-ring (bicyclic) bond motifs is 1. The van der Waals surface area contributed by atoms with E-state index >= 15 is 0 Å². The van der Waals surface area contributed by atoms with Gasteiger partial charge in [-0.15, -0.1) is 0 Å². The molecule has 0 aliphatic heterocycles. The van der Waals surface area contributed by atoms with Gasteiger partial charge in [-0.1, -0.05) is 78.5 Å². The van der Waals surface area contributed by atoms with Crippen LogP contribution < -0.4 is 10.9 Å². The van der Waals surface area contributed by atoms with Crippen LogP contribution in [0.15, 0.2) is 94.9 Å². The fraction of sp³-hybridized carbons (Fsp3) is 0.107. The first-order valence-corrected chi connectivity index (χ1v) is 12.4. The van der Waals surface area contributed by atoms with Gasteiger partial charge in [0.15, 0.2) is 5.16 Å². The lowest BCUT2D eigenvalue weighted by Gasteiger charge is -2.12. The normalized spacial score (nSPS) is 11.1. The number of thioether (sulfide) groups is 1. The van der Waals surface area contributed by atoms with E-state index in [1.165, 1.54) is 17.8 Å². The second kappa shape index (κ2) is 10.2. The lowest BCUT2D eigenvalue weighted by atomic mass is 10.2. The summed E-state index contributed by atoms with van der Waals surface area (Å²) in [5.74, 6) is -0.688. The van der Waals surface area contributed by atoms with Gasteiger partial charge in [-0.3, -0.25) is 14.2 Å². The van der Waals surface area contributed by atoms with E-state index in [-0.39, 0.29) is 23.0 Å². The van der Waals surface area contributed by atoms with Crippen molar-refractivity contribution < 1.29 is 9.18 Å². The molecule has 1 amide bonds. The molecule has 2 heterocycles. The minimum Gasteiger partial charge on any atom is -0.349 e. The number of H-pyrrole nitrogens is 1. The summed E-state index contributed by atoms with van der Waals surface area (Å²) in [6, 6.07) is 25.7. The minimum atomic E-state index is -0.383. The van der Waals surface area contributed by atoms with Crippen LogP contribution in [0.25, 0.3) is 22.3 Å². The fourth-order valence-corrected chi connectivity index (χ4v) is 4.67. The molecule has 0 bridgehead atoms. The van der Waals surface area contributed by atoms with E-state index in [1.54, 1.807) is 23.6 Å².